The van der Waals surface area contributed by atoms with Crippen molar-refractivity contribution in [3.05, 3.63) is 109 Å². The lowest BCUT2D eigenvalue weighted by Crippen LogP contribution is -2.28. The van der Waals surface area contributed by atoms with Gasteiger partial charge in [0.25, 0.3) is 17.3 Å². The number of rotatable bonds is 7. The second-order valence-corrected chi connectivity index (χ2v) is 7.92. The van der Waals surface area contributed by atoms with E-state index < -0.39 is 9.85 Å². The highest BCUT2D eigenvalue weighted by Gasteiger charge is 2.34. The molecule has 0 unspecified atom stereocenters. The average molecular weight is 477 g/mol. The maximum Gasteiger partial charge on any atom is 0.270 e. The first-order valence-electron chi connectivity index (χ1n) is 9.74. The minimum Gasteiger partial charge on any atom is -0.467 e. The number of thioether (sulfide) groups is 1. The summed E-state index contributed by atoms with van der Waals surface area (Å²) in [6.07, 6.45) is 4.46. The molecule has 34 heavy (non-hydrogen) atoms. The van der Waals surface area contributed by atoms with Crippen LogP contribution >= 0.6 is 11.8 Å². The van der Waals surface area contributed by atoms with E-state index in [1.165, 1.54) is 47.7 Å². The van der Waals surface area contributed by atoms with Crippen molar-refractivity contribution >= 4 is 46.5 Å². The molecule has 4 rings (SSSR count). The zero-order valence-electron chi connectivity index (χ0n) is 17.3. The molecular weight excluding hydrogens is 462 g/mol. The summed E-state index contributed by atoms with van der Waals surface area (Å²) in [7, 11) is 0. The van der Waals surface area contributed by atoms with Crippen molar-refractivity contribution in [3.63, 3.8) is 0 Å². The summed E-state index contributed by atoms with van der Waals surface area (Å²) < 4.78 is 5.35. The quantitative estimate of drug-likeness (QED) is 0.209. The maximum absolute atomic E-state index is 13.1. The van der Waals surface area contributed by atoms with Gasteiger partial charge in [-0.05, 0) is 47.7 Å². The maximum atomic E-state index is 13.1. The Morgan fingerprint density at radius 3 is 2.41 bits per heavy atom. The summed E-state index contributed by atoms with van der Waals surface area (Å²) in [6.45, 7) is 0.127. The fourth-order valence-corrected chi connectivity index (χ4v) is 3.92. The molecule has 0 atom stereocenters. The van der Waals surface area contributed by atoms with Crippen molar-refractivity contribution in [1.82, 2.24) is 4.90 Å². The summed E-state index contributed by atoms with van der Waals surface area (Å²) in [6, 6.07) is 15.1. The van der Waals surface area contributed by atoms with Crippen LogP contribution in [0.2, 0.25) is 0 Å². The molecule has 170 valence electrons. The number of benzene rings is 2. The minimum atomic E-state index is -0.505. The van der Waals surface area contributed by atoms with Gasteiger partial charge < -0.3 is 4.42 Å². The Kier molecular flexibility index (Phi) is 6.59. The molecule has 3 aromatic rings. The molecule has 0 radical (unpaired) electrons. The van der Waals surface area contributed by atoms with E-state index in [-0.39, 0.29) is 29.0 Å². The molecule has 12 heteroatoms. The van der Waals surface area contributed by atoms with E-state index in [0.717, 1.165) is 11.8 Å². The van der Waals surface area contributed by atoms with E-state index in [9.17, 15) is 25.0 Å². The van der Waals surface area contributed by atoms with E-state index in [0.29, 0.717) is 21.8 Å². The third-order valence-corrected chi connectivity index (χ3v) is 5.61. The number of carbonyl (C=O) groups excluding carboxylic acids is 1. The molecule has 1 aromatic heterocycles. The standard InChI is InChI=1S/C22H15N5O6S/c28-21-20(12-15-6-8-17(9-7-15)26(29)30)34-22(25(21)14-19-5-2-10-33-19)24-23-13-16-3-1-4-18(11-16)27(31)32/h1-13H,14H2/b20-12-,23-13+,24-22-. The fourth-order valence-electron chi connectivity index (χ4n) is 2.99. The Morgan fingerprint density at radius 1 is 0.971 bits per heavy atom. The van der Waals surface area contributed by atoms with Gasteiger partial charge in [-0.15, -0.1) is 5.10 Å². The van der Waals surface area contributed by atoms with Crippen molar-refractivity contribution in [3.8, 4) is 0 Å². The van der Waals surface area contributed by atoms with Gasteiger partial charge in [-0.2, -0.15) is 5.10 Å². The van der Waals surface area contributed by atoms with E-state index >= 15 is 0 Å². The van der Waals surface area contributed by atoms with Crippen LogP contribution in [0.4, 0.5) is 11.4 Å². The Labute approximate surface area is 196 Å². The second-order valence-electron chi connectivity index (χ2n) is 6.91. The van der Waals surface area contributed by atoms with E-state index in [1.54, 1.807) is 36.4 Å². The van der Waals surface area contributed by atoms with Gasteiger partial charge in [0.2, 0.25) is 0 Å². The smallest absolute Gasteiger partial charge is 0.270 e. The molecular formula is C22H15N5O6S. The summed E-state index contributed by atoms with van der Waals surface area (Å²) in [4.78, 5) is 35.6. The van der Waals surface area contributed by atoms with Crippen molar-refractivity contribution < 1.29 is 19.1 Å². The molecule has 11 nitrogen and oxygen atoms in total. The fraction of sp³-hybridized carbons (Fsp3) is 0.0455. The Bertz CT molecular complexity index is 1330. The lowest BCUT2D eigenvalue weighted by atomic mass is 10.2. The second kappa shape index (κ2) is 9.92. The lowest BCUT2D eigenvalue weighted by Gasteiger charge is -2.12. The summed E-state index contributed by atoms with van der Waals surface area (Å²) in [5.74, 6) is 0.213. The summed E-state index contributed by atoms with van der Waals surface area (Å²) in [5.41, 5.74) is 0.965. The van der Waals surface area contributed by atoms with Gasteiger partial charge in [-0.25, -0.2) is 0 Å². The number of amidine groups is 1. The normalized spacial score (nSPS) is 16.1. The van der Waals surface area contributed by atoms with Crippen LogP contribution in [0.5, 0.6) is 0 Å². The SMILES string of the molecule is O=C1/C(=C/c2ccc([N+](=O)[O-])cc2)S/C(=N\N=C\c2cccc([N+](=O)[O-])c2)N1Cc1ccco1. The third kappa shape index (κ3) is 5.24. The molecule has 0 bridgehead atoms. The van der Waals surface area contributed by atoms with Crippen LogP contribution in [-0.2, 0) is 11.3 Å². The van der Waals surface area contributed by atoms with Crippen molar-refractivity contribution in [2.45, 2.75) is 6.54 Å². The lowest BCUT2D eigenvalue weighted by molar-refractivity contribution is -0.385. The number of furan rings is 1. The van der Waals surface area contributed by atoms with Gasteiger partial charge in [0.15, 0.2) is 5.17 Å². The highest BCUT2D eigenvalue weighted by Crippen LogP contribution is 2.34. The monoisotopic (exact) mass is 477 g/mol. The molecule has 0 aliphatic carbocycles. The van der Waals surface area contributed by atoms with Gasteiger partial charge >= 0.3 is 0 Å². The molecule has 2 aromatic carbocycles. The molecule has 0 N–H and O–H groups in total. The molecule has 1 saturated heterocycles. The van der Waals surface area contributed by atoms with Crippen LogP contribution in [0.15, 0.2) is 86.5 Å². The average Bonchev–Trinajstić information content (AvgIpc) is 3.44. The Morgan fingerprint density at radius 2 is 1.74 bits per heavy atom. The molecule has 2 heterocycles. The number of hydrogen-bond donors (Lipinski definition) is 0. The van der Waals surface area contributed by atoms with Crippen LogP contribution in [0.3, 0.4) is 0 Å². The molecule has 1 fully saturated rings. The molecule has 1 aliphatic rings. The molecule has 0 saturated carbocycles. The van der Waals surface area contributed by atoms with Crippen molar-refractivity contribution in [1.29, 1.82) is 0 Å². The predicted molar refractivity (Wildman–Crippen MR) is 126 cm³/mol. The van der Waals surface area contributed by atoms with Crippen LogP contribution in [0, 0.1) is 20.2 Å². The number of nitrogens with zero attached hydrogens (tertiary/aromatic N) is 5. The number of nitro benzene ring substituents is 2. The van der Waals surface area contributed by atoms with E-state index in [4.69, 9.17) is 4.42 Å². The third-order valence-electron chi connectivity index (χ3n) is 4.61. The number of non-ortho nitro benzene ring substituents is 2. The highest BCUT2D eigenvalue weighted by atomic mass is 32.2. The van der Waals surface area contributed by atoms with Gasteiger partial charge in [0.1, 0.15) is 5.76 Å². The van der Waals surface area contributed by atoms with Gasteiger partial charge in [0.05, 0.1) is 33.8 Å². The van der Waals surface area contributed by atoms with Gasteiger partial charge in [-0.1, -0.05) is 12.1 Å². The van der Waals surface area contributed by atoms with Crippen LogP contribution < -0.4 is 0 Å². The first kappa shape index (κ1) is 22.6. The number of hydrogen-bond acceptors (Lipinski definition) is 9. The van der Waals surface area contributed by atoms with Gasteiger partial charge in [-0.3, -0.25) is 29.9 Å². The molecule has 0 spiro atoms. The largest absolute Gasteiger partial charge is 0.467 e. The highest BCUT2D eigenvalue weighted by molar-refractivity contribution is 8.18. The van der Waals surface area contributed by atoms with Crippen molar-refractivity contribution in [2.75, 3.05) is 0 Å². The first-order valence-corrected chi connectivity index (χ1v) is 10.6. The first-order chi connectivity index (χ1) is 16.4. The van der Waals surface area contributed by atoms with Crippen LogP contribution in [-0.4, -0.2) is 32.0 Å². The zero-order chi connectivity index (χ0) is 24.1. The number of carbonyl (C=O) groups is 1. The van der Waals surface area contributed by atoms with Gasteiger partial charge in [0, 0.05) is 29.8 Å². The summed E-state index contributed by atoms with van der Waals surface area (Å²) in [5, 5.41) is 30.2. The van der Waals surface area contributed by atoms with Crippen molar-refractivity contribution in [2.24, 2.45) is 10.2 Å². The minimum absolute atomic E-state index is 0.0512. The Hall–Kier alpha value is -4.58. The van der Waals surface area contributed by atoms with Crippen LogP contribution in [0.1, 0.15) is 16.9 Å². The zero-order valence-corrected chi connectivity index (χ0v) is 18.1. The Balaban J connectivity index is 1.61. The molecule has 1 amide bonds. The number of amides is 1. The van der Waals surface area contributed by atoms with E-state index in [2.05, 4.69) is 10.2 Å². The van der Waals surface area contributed by atoms with E-state index in [1.807, 2.05) is 0 Å². The number of nitro groups is 2. The predicted octanol–water partition coefficient (Wildman–Crippen LogP) is 4.60. The van der Waals surface area contributed by atoms with Crippen LogP contribution in [0.25, 0.3) is 6.08 Å². The topological polar surface area (TPSA) is 144 Å². The molecule has 1 aliphatic heterocycles. The summed E-state index contributed by atoms with van der Waals surface area (Å²) >= 11 is 1.09.